The molecular weight excluding hydrogens is 358 g/mol. The highest BCUT2D eigenvalue weighted by atomic mass is 19.1. The van der Waals surface area contributed by atoms with Crippen LogP contribution in [0.5, 0.6) is 0 Å². The second kappa shape index (κ2) is 8.00. The Morgan fingerprint density at radius 2 is 1.96 bits per heavy atom. The van der Waals surface area contributed by atoms with Crippen LogP contribution in [-0.4, -0.2) is 18.5 Å². The van der Waals surface area contributed by atoms with Gasteiger partial charge in [0.1, 0.15) is 11.6 Å². The van der Waals surface area contributed by atoms with Gasteiger partial charge in [0.15, 0.2) is 0 Å². The number of nitrogens with one attached hydrogen (secondary N) is 2. The molecule has 2 aromatic carbocycles. The van der Waals surface area contributed by atoms with E-state index in [4.69, 9.17) is 0 Å². The molecule has 2 unspecified atom stereocenters. The van der Waals surface area contributed by atoms with Gasteiger partial charge in [-0.25, -0.2) is 8.78 Å². The van der Waals surface area contributed by atoms with E-state index in [2.05, 4.69) is 22.8 Å². The third kappa shape index (κ3) is 3.81. The van der Waals surface area contributed by atoms with Crippen molar-refractivity contribution in [2.24, 2.45) is 5.92 Å². The lowest BCUT2D eigenvalue weighted by Crippen LogP contribution is -2.45. The molecular formula is C23H26F2N2O. The molecule has 0 bridgehead atoms. The van der Waals surface area contributed by atoms with Gasteiger partial charge in [0.25, 0.3) is 0 Å². The van der Waals surface area contributed by atoms with Crippen LogP contribution in [0.4, 0.5) is 8.78 Å². The minimum absolute atomic E-state index is 0.0611. The summed E-state index contributed by atoms with van der Waals surface area (Å²) in [5.41, 5.74) is 2.68. The highest BCUT2D eigenvalue weighted by Gasteiger charge is 2.35. The molecule has 5 heteroatoms. The number of benzene rings is 2. The molecule has 0 heterocycles. The summed E-state index contributed by atoms with van der Waals surface area (Å²) in [6.07, 6.45) is 4.58. The first kappa shape index (κ1) is 19.1. The van der Waals surface area contributed by atoms with E-state index in [0.717, 1.165) is 24.9 Å². The third-order valence-corrected chi connectivity index (χ3v) is 6.23. The van der Waals surface area contributed by atoms with Gasteiger partial charge in [-0.15, -0.1) is 0 Å². The Kier molecular flexibility index (Phi) is 5.44. The Hall–Kier alpha value is -2.27. The van der Waals surface area contributed by atoms with E-state index in [-0.39, 0.29) is 23.6 Å². The number of hydrogen-bond donors (Lipinski definition) is 2. The minimum atomic E-state index is -0.684. The zero-order valence-electron chi connectivity index (χ0n) is 16.1. The van der Waals surface area contributed by atoms with Gasteiger partial charge in [0, 0.05) is 11.6 Å². The van der Waals surface area contributed by atoms with Gasteiger partial charge in [-0.1, -0.05) is 36.8 Å². The largest absolute Gasteiger partial charge is 0.351 e. The van der Waals surface area contributed by atoms with Gasteiger partial charge in [0.2, 0.25) is 5.91 Å². The summed E-state index contributed by atoms with van der Waals surface area (Å²) in [7, 11) is 0. The van der Waals surface area contributed by atoms with Gasteiger partial charge < -0.3 is 10.6 Å². The van der Waals surface area contributed by atoms with E-state index in [1.54, 1.807) is 6.92 Å². The lowest BCUT2D eigenvalue weighted by Gasteiger charge is -2.30. The van der Waals surface area contributed by atoms with E-state index < -0.39 is 17.6 Å². The summed E-state index contributed by atoms with van der Waals surface area (Å²) in [6, 6.07) is 11.6. The van der Waals surface area contributed by atoms with Crippen molar-refractivity contribution in [2.75, 3.05) is 6.54 Å². The lowest BCUT2D eigenvalue weighted by molar-refractivity contribution is -0.123. The van der Waals surface area contributed by atoms with Gasteiger partial charge in [-0.3, -0.25) is 4.79 Å². The van der Waals surface area contributed by atoms with E-state index in [1.807, 2.05) is 12.1 Å². The third-order valence-electron chi connectivity index (χ3n) is 6.23. The summed E-state index contributed by atoms with van der Waals surface area (Å²) in [6.45, 7) is 2.61. The molecule has 28 heavy (non-hydrogen) atoms. The molecule has 3 nitrogen and oxygen atoms in total. The Balaban J connectivity index is 1.47. The van der Waals surface area contributed by atoms with Crippen LogP contribution in [0.1, 0.15) is 54.8 Å². The molecule has 1 saturated carbocycles. The van der Waals surface area contributed by atoms with Crippen LogP contribution in [-0.2, 0) is 11.2 Å². The molecule has 1 fully saturated rings. The zero-order chi connectivity index (χ0) is 19.7. The zero-order valence-corrected chi connectivity index (χ0v) is 16.1. The fourth-order valence-electron chi connectivity index (χ4n) is 4.27. The topological polar surface area (TPSA) is 41.1 Å². The van der Waals surface area contributed by atoms with E-state index in [9.17, 15) is 13.6 Å². The first-order valence-electron chi connectivity index (χ1n) is 10.1. The average Bonchev–Trinajstić information content (AvgIpc) is 2.97. The standard InChI is InChI=1S/C23H26F2N2O/c1-14(18-10-9-17(24)12-20(18)25)23(28)27-21-11-16-7-2-3-8-19(16)22(21)26-13-15-5-4-6-15/h2-3,7-10,12,14-15,21-22,26H,4-6,11,13H2,1H3,(H,27,28)/t14?,21-,22?/m0/s1. The Morgan fingerprint density at radius 3 is 2.68 bits per heavy atom. The predicted octanol–water partition coefficient (Wildman–Crippen LogP) is 4.24. The molecule has 2 aliphatic rings. The molecule has 4 rings (SSSR count). The van der Waals surface area contributed by atoms with E-state index in [1.165, 1.54) is 42.5 Å². The van der Waals surface area contributed by atoms with Crippen LogP contribution in [0.3, 0.4) is 0 Å². The van der Waals surface area contributed by atoms with Gasteiger partial charge in [-0.05, 0) is 55.8 Å². The summed E-state index contributed by atoms with van der Waals surface area (Å²) in [5, 5.41) is 6.77. The van der Waals surface area contributed by atoms with Crippen molar-refractivity contribution >= 4 is 5.91 Å². The second-order valence-electron chi connectivity index (χ2n) is 8.09. The number of carbonyl (C=O) groups excluding carboxylic acids is 1. The minimum Gasteiger partial charge on any atom is -0.351 e. The van der Waals surface area contributed by atoms with Crippen molar-refractivity contribution in [3.63, 3.8) is 0 Å². The summed E-state index contributed by atoms with van der Waals surface area (Å²) in [5.74, 6) is -1.52. The van der Waals surface area contributed by atoms with Gasteiger partial charge in [-0.2, -0.15) is 0 Å². The molecule has 0 aliphatic heterocycles. The average molecular weight is 384 g/mol. The SMILES string of the molecule is CC(C(=O)N[C@H]1Cc2ccccc2C1NCC1CCC1)c1ccc(F)cc1F. The van der Waals surface area contributed by atoms with Crippen molar-refractivity contribution in [3.8, 4) is 0 Å². The van der Waals surface area contributed by atoms with Crippen molar-refractivity contribution in [3.05, 3.63) is 70.8 Å². The number of hydrogen-bond acceptors (Lipinski definition) is 2. The molecule has 0 saturated heterocycles. The summed E-state index contributed by atoms with van der Waals surface area (Å²) >= 11 is 0. The number of amides is 1. The highest BCUT2D eigenvalue weighted by Crippen LogP contribution is 2.33. The summed E-state index contributed by atoms with van der Waals surface area (Å²) < 4.78 is 27.3. The van der Waals surface area contributed by atoms with Gasteiger partial charge in [0.05, 0.1) is 18.0 Å². The molecule has 2 aromatic rings. The van der Waals surface area contributed by atoms with Crippen molar-refractivity contribution in [1.29, 1.82) is 0 Å². The number of halogens is 2. The smallest absolute Gasteiger partial charge is 0.227 e. The van der Waals surface area contributed by atoms with Crippen LogP contribution < -0.4 is 10.6 Å². The van der Waals surface area contributed by atoms with Crippen LogP contribution in [0.15, 0.2) is 42.5 Å². The fourth-order valence-corrected chi connectivity index (χ4v) is 4.27. The van der Waals surface area contributed by atoms with Gasteiger partial charge >= 0.3 is 0 Å². The van der Waals surface area contributed by atoms with Crippen molar-refractivity contribution in [1.82, 2.24) is 10.6 Å². The van der Waals surface area contributed by atoms with Crippen LogP contribution in [0.25, 0.3) is 0 Å². The maximum absolute atomic E-state index is 14.1. The molecule has 2 N–H and O–H groups in total. The molecule has 1 amide bonds. The van der Waals surface area contributed by atoms with Crippen molar-refractivity contribution in [2.45, 2.75) is 50.6 Å². The van der Waals surface area contributed by atoms with Crippen LogP contribution >= 0.6 is 0 Å². The molecule has 3 atom stereocenters. The Morgan fingerprint density at radius 1 is 1.18 bits per heavy atom. The van der Waals surface area contributed by atoms with E-state index in [0.29, 0.717) is 0 Å². The van der Waals surface area contributed by atoms with Crippen molar-refractivity contribution < 1.29 is 13.6 Å². The maximum atomic E-state index is 14.1. The quantitative estimate of drug-likeness (QED) is 0.782. The first-order chi connectivity index (χ1) is 13.5. The monoisotopic (exact) mass is 384 g/mol. The number of rotatable bonds is 6. The van der Waals surface area contributed by atoms with Crippen LogP contribution in [0, 0.1) is 17.6 Å². The fraction of sp³-hybridized carbons (Fsp3) is 0.435. The maximum Gasteiger partial charge on any atom is 0.227 e. The highest BCUT2D eigenvalue weighted by molar-refractivity contribution is 5.83. The molecule has 148 valence electrons. The normalized spacial score (nSPS) is 22.4. The molecule has 0 radical (unpaired) electrons. The second-order valence-corrected chi connectivity index (χ2v) is 8.09. The predicted molar refractivity (Wildman–Crippen MR) is 105 cm³/mol. The lowest BCUT2D eigenvalue weighted by atomic mass is 9.85. The number of fused-ring (bicyclic) bond motifs is 1. The number of carbonyl (C=O) groups is 1. The Labute approximate surface area is 164 Å². The van der Waals surface area contributed by atoms with E-state index >= 15 is 0 Å². The van der Waals surface area contributed by atoms with Crippen LogP contribution in [0.2, 0.25) is 0 Å². The first-order valence-corrected chi connectivity index (χ1v) is 10.1. The molecule has 0 aromatic heterocycles. The molecule has 0 spiro atoms. The molecule has 2 aliphatic carbocycles. The Bertz CT molecular complexity index is 865. The summed E-state index contributed by atoms with van der Waals surface area (Å²) in [4.78, 5) is 12.8.